The number of halogens is 1. The number of rotatable bonds is 14. The predicted octanol–water partition coefficient (Wildman–Crippen LogP) is 2.00. The van der Waals surface area contributed by atoms with Crippen molar-refractivity contribution >= 4 is 16.7 Å². The molecule has 0 aliphatic heterocycles. The van der Waals surface area contributed by atoms with Crippen LogP contribution in [0.5, 0.6) is 0 Å². The second kappa shape index (κ2) is 13.1. The number of nitrogens with zero attached hydrogens (tertiary/aromatic N) is 8. The quantitative estimate of drug-likeness (QED) is 0.154. The fourth-order valence-electron chi connectivity index (χ4n) is 2.73. The monoisotopic (exact) mass is 491 g/mol. The van der Waals surface area contributed by atoms with Crippen LogP contribution >= 0.6 is 0 Å². The van der Waals surface area contributed by atoms with Crippen molar-refractivity contribution in [3.63, 3.8) is 0 Å². The summed E-state index contributed by atoms with van der Waals surface area (Å²) in [6, 6.07) is 5.51. The van der Waals surface area contributed by atoms with Gasteiger partial charge in [-0.1, -0.05) is 15.4 Å². The lowest BCUT2D eigenvalue weighted by Crippen LogP contribution is -2.27. The lowest BCUT2D eigenvalue weighted by molar-refractivity contribution is -0.121. The zero-order chi connectivity index (χ0) is 24.2. The van der Waals surface area contributed by atoms with Crippen molar-refractivity contribution in [3.8, 4) is 11.5 Å². The Bertz CT molecular complexity index is 1140. The Labute approximate surface area is 195 Å². The number of azide groups is 1. The van der Waals surface area contributed by atoms with Gasteiger partial charge in [-0.3, -0.25) is 9.48 Å². The minimum Gasteiger partial charge on any atom is -0.409 e. The zero-order valence-corrected chi connectivity index (χ0v) is 18.9. The first-order valence-electron chi connectivity index (χ1n) is 10.3. The summed E-state index contributed by atoms with van der Waals surface area (Å²) in [5.41, 5.74) is 9.13. The average Bonchev–Trinajstić information content (AvgIpc) is 3.49. The van der Waals surface area contributed by atoms with E-state index in [9.17, 15) is 13.4 Å². The number of amides is 1. The molecule has 0 unspecified atom stereocenters. The van der Waals surface area contributed by atoms with Gasteiger partial charge in [0, 0.05) is 42.7 Å². The fourth-order valence-corrected chi connectivity index (χ4v) is 3.55. The Morgan fingerprint density at radius 3 is 2.88 bits per heavy atom. The van der Waals surface area contributed by atoms with Gasteiger partial charge in [0.1, 0.15) is 16.6 Å². The first kappa shape index (κ1) is 25.0. The van der Waals surface area contributed by atoms with E-state index >= 15 is 0 Å². The van der Waals surface area contributed by atoms with Crippen LogP contribution in [0.4, 0.5) is 4.39 Å². The third-order valence-corrected chi connectivity index (χ3v) is 5.43. The van der Waals surface area contributed by atoms with Crippen molar-refractivity contribution in [2.24, 2.45) is 5.11 Å². The molecular weight excluding hydrogens is 469 g/mol. The van der Waals surface area contributed by atoms with Gasteiger partial charge in [0.05, 0.1) is 24.7 Å². The number of carbonyl (C=O) groups is 1. The van der Waals surface area contributed by atoms with E-state index in [1.54, 1.807) is 10.9 Å². The highest BCUT2D eigenvalue weighted by Gasteiger charge is 2.17. The number of aryl methyl sites for hydroxylation is 1. The van der Waals surface area contributed by atoms with Crippen molar-refractivity contribution in [1.29, 1.82) is 0 Å². The summed E-state index contributed by atoms with van der Waals surface area (Å²) in [4.78, 5) is 14.4. The number of benzene rings is 1. The van der Waals surface area contributed by atoms with Gasteiger partial charge in [-0.2, -0.15) is 0 Å². The highest BCUT2D eigenvalue weighted by atomic mass is 32.2. The molecule has 34 heavy (non-hydrogen) atoms. The molecule has 2 heterocycles. The van der Waals surface area contributed by atoms with Gasteiger partial charge in [0.25, 0.3) is 0 Å². The van der Waals surface area contributed by atoms with Crippen molar-refractivity contribution in [3.05, 3.63) is 52.4 Å². The molecule has 0 bridgehead atoms. The Kier molecular flexibility index (Phi) is 9.64. The maximum Gasteiger partial charge on any atom is 0.308 e. The van der Waals surface area contributed by atoms with E-state index in [1.807, 2.05) is 0 Å². The highest BCUT2D eigenvalue weighted by Crippen LogP contribution is 2.20. The van der Waals surface area contributed by atoms with E-state index < -0.39 is 10.8 Å². The van der Waals surface area contributed by atoms with E-state index in [1.165, 1.54) is 24.3 Å². The molecular formula is C19H22FN9O4S. The van der Waals surface area contributed by atoms with Crippen LogP contribution in [0.15, 0.2) is 45.2 Å². The van der Waals surface area contributed by atoms with E-state index in [2.05, 4.69) is 35.9 Å². The van der Waals surface area contributed by atoms with Gasteiger partial charge < -0.3 is 14.5 Å². The van der Waals surface area contributed by atoms with E-state index in [0.29, 0.717) is 50.4 Å². The summed E-state index contributed by atoms with van der Waals surface area (Å²) < 4.78 is 37.8. The molecule has 2 aromatic heterocycles. The van der Waals surface area contributed by atoms with Crippen LogP contribution in [-0.2, 0) is 32.6 Å². The maximum absolute atomic E-state index is 13.0. The molecule has 1 N–H and O–H groups in total. The first-order valence-corrected chi connectivity index (χ1v) is 11.6. The SMILES string of the molecule is [N-]=[N+]=NCCOCCNC(=O)CCCn1cc(C[S@](=O)c2nnc(-c3ccc(F)cc3)o2)nn1. The van der Waals surface area contributed by atoms with Gasteiger partial charge in [-0.25, -0.2) is 8.60 Å². The molecule has 0 radical (unpaired) electrons. The van der Waals surface area contributed by atoms with E-state index in [4.69, 9.17) is 14.7 Å². The Hall–Kier alpha value is -3.68. The molecule has 13 nitrogen and oxygen atoms in total. The molecule has 180 valence electrons. The van der Waals surface area contributed by atoms with Crippen molar-refractivity contribution in [1.82, 2.24) is 30.5 Å². The number of hydrogen-bond acceptors (Lipinski definition) is 9. The van der Waals surface area contributed by atoms with Crippen LogP contribution in [-0.4, -0.2) is 61.6 Å². The summed E-state index contributed by atoms with van der Waals surface area (Å²) >= 11 is 0. The lowest BCUT2D eigenvalue weighted by Gasteiger charge is -2.05. The molecule has 0 saturated carbocycles. The number of carbonyl (C=O) groups excluding carboxylic acids is 1. The van der Waals surface area contributed by atoms with Gasteiger partial charge in [-0.05, 0) is 36.2 Å². The Balaban J connectivity index is 1.37. The van der Waals surface area contributed by atoms with Crippen molar-refractivity contribution in [2.75, 3.05) is 26.3 Å². The smallest absolute Gasteiger partial charge is 0.308 e. The fraction of sp³-hybridized carbons (Fsp3) is 0.421. The van der Waals surface area contributed by atoms with Crippen molar-refractivity contribution < 1.29 is 22.5 Å². The average molecular weight is 492 g/mol. The van der Waals surface area contributed by atoms with Crippen molar-refractivity contribution in [2.45, 2.75) is 30.4 Å². The molecule has 15 heteroatoms. The second-order valence-electron chi connectivity index (χ2n) is 6.86. The summed E-state index contributed by atoms with van der Waals surface area (Å²) in [5, 5.41) is 21.6. The zero-order valence-electron chi connectivity index (χ0n) is 18.0. The van der Waals surface area contributed by atoms with E-state index in [-0.39, 0.29) is 35.1 Å². The molecule has 0 aliphatic rings. The van der Waals surface area contributed by atoms with Crippen LogP contribution in [0.2, 0.25) is 0 Å². The van der Waals surface area contributed by atoms with Gasteiger partial charge in [0.15, 0.2) is 0 Å². The van der Waals surface area contributed by atoms with Gasteiger partial charge in [0.2, 0.25) is 11.8 Å². The summed E-state index contributed by atoms with van der Waals surface area (Å²) in [6.07, 6.45) is 2.48. The third kappa shape index (κ3) is 8.03. The Morgan fingerprint density at radius 1 is 1.26 bits per heavy atom. The predicted molar refractivity (Wildman–Crippen MR) is 117 cm³/mol. The van der Waals surface area contributed by atoms with Crippen LogP contribution in [0.25, 0.3) is 21.9 Å². The standard InChI is InChI=1S/C19H22FN9O4S/c20-15-5-3-14(4-6-15)18-25-26-19(33-18)34(31)13-16-12-29(28-24-16)9-1-2-17(30)22-7-10-32-11-8-23-27-21/h3-6,12H,1-2,7-11,13H2,(H,22,30)/t34-/m0/s1. The second-order valence-corrected chi connectivity index (χ2v) is 8.19. The molecule has 0 spiro atoms. The number of aromatic nitrogens is 5. The molecule has 0 saturated heterocycles. The third-order valence-electron chi connectivity index (χ3n) is 4.32. The normalized spacial score (nSPS) is 11.7. The molecule has 3 rings (SSSR count). The summed E-state index contributed by atoms with van der Waals surface area (Å²) in [7, 11) is -1.63. The summed E-state index contributed by atoms with van der Waals surface area (Å²) in [5.74, 6) is -0.329. The van der Waals surface area contributed by atoms with Crippen LogP contribution in [0, 0.1) is 5.82 Å². The van der Waals surface area contributed by atoms with E-state index in [0.717, 1.165) is 0 Å². The van der Waals surface area contributed by atoms with Gasteiger partial charge in [-0.15, -0.1) is 10.2 Å². The van der Waals surface area contributed by atoms with Crippen LogP contribution in [0.3, 0.4) is 0 Å². The number of ether oxygens (including phenoxy) is 1. The molecule has 0 aliphatic carbocycles. The topological polar surface area (TPSA) is 174 Å². The highest BCUT2D eigenvalue weighted by molar-refractivity contribution is 7.83. The number of nitrogens with one attached hydrogen (secondary N) is 1. The molecule has 3 aromatic rings. The minimum atomic E-state index is -1.63. The molecule has 1 atom stereocenters. The maximum atomic E-state index is 13.0. The number of hydrogen-bond donors (Lipinski definition) is 1. The Morgan fingerprint density at radius 2 is 2.09 bits per heavy atom. The molecule has 1 amide bonds. The molecule has 1 aromatic carbocycles. The first-order chi connectivity index (χ1) is 16.5. The largest absolute Gasteiger partial charge is 0.409 e. The molecule has 0 fully saturated rings. The van der Waals surface area contributed by atoms with Gasteiger partial charge >= 0.3 is 5.22 Å². The van der Waals surface area contributed by atoms with Crippen LogP contribution in [0.1, 0.15) is 18.5 Å². The van der Waals surface area contributed by atoms with Crippen LogP contribution < -0.4 is 5.32 Å². The lowest BCUT2D eigenvalue weighted by atomic mass is 10.2. The minimum absolute atomic E-state index is 0.0330. The summed E-state index contributed by atoms with van der Waals surface area (Å²) in [6.45, 7) is 1.73.